The number of rotatable bonds is 3. The summed E-state index contributed by atoms with van der Waals surface area (Å²) in [4.78, 5) is 26.4. The average molecular weight is 317 g/mol. The number of methoxy groups -OCH3 is 2. The molecule has 0 amide bonds. The second kappa shape index (κ2) is 7.00. The van der Waals surface area contributed by atoms with E-state index >= 15 is 0 Å². The van der Waals surface area contributed by atoms with Gasteiger partial charge >= 0.3 is 11.9 Å². The SMILES string of the molecule is COC(=O)C1=C(C(=O)OC)N(c2ccccc2S)C=CC=C1. The standard InChI is InChI=1S/C16H15NO4S/c1-20-15(18)11-7-5-6-10-17(14(11)16(19)21-2)12-8-3-4-9-13(12)22/h3-10,22H,1-2H3. The van der Waals surface area contributed by atoms with Gasteiger partial charge in [-0.05, 0) is 24.3 Å². The molecule has 1 heterocycles. The van der Waals surface area contributed by atoms with Gasteiger partial charge in [-0.2, -0.15) is 0 Å². The number of hydrogen-bond acceptors (Lipinski definition) is 6. The van der Waals surface area contributed by atoms with E-state index in [0.29, 0.717) is 10.6 Å². The van der Waals surface area contributed by atoms with E-state index in [1.54, 1.807) is 35.4 Å². The summed E-state index contributed by atoms with van der Waals surface area (Å²) in [5.74, 6) is -1.27. The zero-order chi connectivity index (χ0) is 16.1. The largest absolute Gasteiger partial charge is 0.465 e. The van der Waals surface area contributed by atoms with Crippen molar-refractivity contribution in [3.05, 3.63) is 60.0 Å². The third-order valence-electron chi connectivity index (χ3n) is 3.03. The van der Waals surface area contributed by atoms with Gasteiger partial charge < -0.3 is 14.4 Å². The second-order valence-corrected chi connectivity index (χ2v) is 4.79. The molecule has 1 aliphatic rings. The van der Waals surface area contributed by atoms with Crippen LogP contribution in [0.3, 0.4) is 0 Å². The Morgan fingerprint density at radius 2 is 1.73 bits per heavy atom. The lowest BCUT2D eigenvalue weighted by atomic mass is 10.1. The third kappa shape index (κ3) is 3.07. The van der Waals surface area contributed by atoms with Crippen molar-refractivity contribution in [2.75, 3.05) is 19.1 Å². The van der Waals surface area contributed by atoms with Crippen LogP contribution < -0.4 is 4.90 Å². The van der Waals surface area contributed by atoms with Crippen molar-refractivity contribution in [2.45, 2.75) is 4.90 Å². The number of carbonyl (C=O) groups excluding carboxylic acids is 2. The molecule has 0 unspecified atom stereocenters. The van der Waals surface area contributed by atoms with Gasteiger partial charge in [0.25, 0.3) is 0 Å². The highest BCUT2D eigenvalue weighted by atomic mass is 32.1. The first kappa shape index (κ1) is 15.9. The molecule has 0 bridgehead atoms. The molecular weight excluding hydrogens is 302 g/mol. The summed E-state index contributed by atoms with van der Waals surface area (Å²) >= 11 is 4.40. The van der Waals surface area contributed by atoms with E-state index in [4.69, 9.17) is 9.47 Å². The predicted molar refractivity (Wildman–Crippen MR) is 85.5 cm³/mol. The molecular formula is C16H15NO4S. The van der Waals surface area contributed by atoms with Gasteiger partial charge in [0.05, 0.1) is 25.5 Å². The molecule has 0 saturated carbocycles. The van der Waals surface area contributed by atoms with Crippen LogP contribution >= 0.6 is 12.6 Å². The number of carbonyl (C=O) groups is 2. The number of benzene rings is 1. The minimum atomic E-state index is -0.645. The summed E-state index contributed by atoms with van der Waals surface area (Å²) < 4.78 is 9.58. The Kier molecular flexibility index (Phi) is 5.06. The first-order valence-corrected chi connectivity index (χ1v) is 6.88. The number of nitrogens with zero attached hydrogens (tertiary/aromatic N) is 1. The number of esters is 2. The Bertz CT molecular complexity index is 691. The number of thiol groups is 1. The molecule has 0 spiro atoms. The quantitative estimate of drug-likeness (QED) is 0.685. The van der Waals surface area contributed by atoms with Crippen LogP contribution in [-0.4, -0.2) is 26.2 Å². The fraction of sp³-hybridized carbons (Fsp3) is 0.125. The normalized spacial score (nSPS) is 13.9. The molecule has 6 heteroatoms. The Morgan fingerprint density at radius 1 is 1.05 bits per heavy atom. The second-order valence-electron chi connectivity index (χ2n) is 4.30. The Labute approximate surface area is 133 Å². The summed E-state index contributed by atoms with van der Waals surface area (Å²) in [6.07, 6.45) is 6.53. The number of allylic oxidation sites excluding steroid dienone is 2. The van der Waals surface area contributed by atoms with Crippen LogP contribution in [0.4, 0.5) is 5.69 Å². The van der Waals surface area contributed by atoms with E-state index in [0.717, 1.165) is 0 Å². The molecule has 0 radical (unpaired) electrons. The Hall–Kier alpha value is -2.47. The highest BCUT2D eigenvalue weighted by molar-refractivity contribution is 7.80. The zero-order valence-electron chi connectivity index (χ0n) is 12.1. The average Bonchev–Trinajstić information content (AvgIpc) is 2.76. The maximum atomic E-state index is 12.2. The summed E-state index contributed by atoms with van der Waals surface area (Å²) in [5, 5.41) is 0. The van der Waals surface area contributed by atoms with E-state index < -0.39 is 11.9 Å². The minimum absolute atomic E-state index is 0.0702. The molecule has 1 aliphatic heterocycles. The minimum Gasteiger partial charge on any atom is -0.465 e. The number of para-hydroxylation sites is 1. The smallest absolute Gasteiger partial charge is 0.355 e. The number of ether oxygens (including phenoxy) is 2. The van der Waals surface area contributed by atoms with Crippen molar-refractivity contribution < 1.29 is 19.1 Å². The van der Waals surface area contributed by atoms with Crippen molar-refractivity contribution in [3.8, 4) is 0 Å². The number of anilines is 1. The van der Waals surface area contributed by atoms with Crippen molar-refractivity contribution in [1.82, 2.24) is 0 Å². The monoisotopic (exact) mass is 317 g/mol. The van der Waals surface area contributed by atoms with Gasteiger partial charge in [0.15, 0.2) is 0 Å². The van der Waals surface area contributed by atoms with Crippen molar-refractivity contribution >= 4 is 30.3 Å². The molecule has 0 atom stereocenters. The Morgan fingerprint density at radius 3 is 2.36 bits per heavy atom. The lowest BCUT2D eigenvalue weighted by Gasteiger charge is -2.24. The third-order valence-corrected chi connectivity index (χ3v) is 3.41. The summed E-state index contributed by atoms with van der Waals surface area (Å²) in [6.45, 7) is 0. The lowest BCUT2D eigenvalue weighted by Crippen LogP contribution is -2.27. The van der Waals surface area contributed by atoms with Gasteiger partial charge in [0.2, 0.25) is 0 Å². The fourth-order valence-electron chi connectivity index (χ4n) is 2.02. The van der Waals surface area contributed by atoms with Crippen LogP contribution in [0.1, 0.15) is 0 Å². The molecule has 114 valence electrons. The first-order chi connectivity index (χ1) is 10.6. The zero-order valence-corrected chi connectivity index (χ0v) is 13.0. The highest BCUT2D eigenvalue weighted by Gasteiger charge is 2.27. The summed E-state index contributed by atoms with van der Waals surface area (Å²) in [5.41, 5.74) is 0.823. The van der Waals surface area contributed by atoms with Crippen LogP contribution in [0.5, 0.6) is 0 Å². The number of hydrogen-bond donors (Lipinski definition) is 1. The van der Waals surface area contributed by atoms with Crippen molar-refractivity contribution in [3.63, 3.8) is 0 Å². The highest BCUT2D eigenvalue weighted by Crippen LogP contribution is 2.30. The van der Waals surface area contributed by atoms with E-state index in [1.165, 1.54) is 20.3 Å². The topological polar surface area (TPSA) is 55.8 Å². The lowest BCUT2D eigenvalue weighted by molar-refractivity contribution is -0.139. The van der Waals surface area contributed by atoms with Crippen molar-refractivity contribution in [2.24, 2.45) is 0 Å². The molecule has 0 fully saturated rings. The van der Waals surface area contributed by atoms with Crippen molar-refractivity contribution in [1.29, 1.82) is 0 Å². The van der Waals surface area contributed by atoms with Crippen LogP contribution in [0.2, 0.25) is 0 Å². The van der Waals surface area contributed by atoms with Gasteiger partial charge in [-0.25, -0.2) is 9.59 Å². The molecule has 0 aliphatic carbocycles. The molecule has 1 aromatic rings. The summed E-state index contributed by atoms with van der Waals surface area (Å²) in [7, 11) is 2.51. The summed E-state index contributed by atoms with van der Waals surface area (Å²) in [6, 6.07) is 7.22. The van der Waals surface area contributed by atoms with Gasteiger partial charge in [-0.1, -0.05) is 18.2 Å². The molecule has 0 aromatic heterocycles. The van der Waals surface area contributed by atoms with E-state index in [2.05, 4.69) is 12.6 Å². The molecule has 0 saturated heterocycles. The predicted octanol–water partition coefficient (Wildman–Crippen LogP) is 2.47. The van der Waals surface area contributed by atoms with E-state index in [1.807, 2.05) is 12.1 Å². The maximum Gasteiger partial charge on any atom is 0.355 e. The molecule has 22 heavy (non-hydrogen) atoms. The van der Waals surface area contributed by atoms with Gasteiger partial charge in [-0.15, -0.1) is 12.6 Å². The molecule has 1 aromatic carbocycles. The van der Waals surface area contributed by atoms with Crippen LogP contribution in [-0.2, 0) is 19.1 Å². The van der Waals surface area contributed by atoms with Gasteiger partial charge in [-0.3, -0.25) is 0 Å². The van der Waals surface area contributed by atoms with E-state index in [-0.39, 0.29) is 11.3 Å². The van der Waals surface area contributed by atoms with Crippen LogP contribution in [0, 0.1) is 0 Å². The first-order valence-electron chi connectivity index (χ1n) is 6.43. The molecule has 2 rings (SSSR count). The molecule has 0 N–H and O–H groups in total. The van der Waals surface area contributed by atoms with Gasteiger partial charge in [0, 0.05) is 11.1 Å². The van der Waals surface area contributed by atoms with E-state index in [9.17, 15) is 9.59 Å². The fourth-order valence-corrected chi connectivity index (χ4v) is 2.29. The van der Waals surface area contributed by atoms with Crippen LogP contribution in [0.25, 0.3) is 0 Å². The maximum absolute atomic E-state index is 12.2. The Balaban J connectivity index is 2.67. The van der Waals surface area contributed by atoms with Crippen LogP contribution in [0.15, 0.2) is 64.9 Å². The van der Waals surface area contributed by atoms with Gasteiger partial charge in [0.1, 0.15) is 5.70 Å². The molecule has 5 nitrogen and oxygen atoms in total.